The van der Waals surface area contributed by atoms with Crippen molar-refractivity contribution in [3.05, 3.63) is 39.9 Å². The Morgan fingerprint density at radius 3 is 2.82 bits per heavy atom. The van der Waals surface area contributed by atoms with Crippen molar-refractivity contribution in [3.8, 4) is 5.75 Å². The number of carbonyl (C=O) groups excluding carboxylic acids is 1. The number of aryl methyl sites for hydroxylation is 1. The molecule has 2 aromatic rings. The van der Waals surface area contributed by atoms with Gasteiger partial charge in [-0.05, 0) is 54.1 Å². The van der Waals surface area contributed by atoms with Gasteiger partial charge in [-0.2, -0.15) is 0 Å². The molecule has 0 radical (unpaired) electrons. The molecule has 22 heavy (non-hydrogen) atoms. The van der Waals surface area contributed by atoms with Crippen LogP contribution in [0.15, 0.2) is 18.2 Å². The summed E-state index contributed by atoms with van der Waals surface area (Å²) in [5.74, 6) is 0.935. The van der Waals surface area contributed by atoms with Crippen molar-refractivity contribution in [2.24, 2.45) is 0 Å². The Kier molecular flexibility index (Phi) is 4.38. The number of amides is 1. The summed E-state index contributed by atoms with van der Waals surface area (Å²) in [5.41, 5.74) is 3.38. The molecule has 0 spiro atoms. The van der Waals surface area contributed by atoms with E-state index in [0.717, 1.165) is 43.8 Å². The zero-order valence-electron chi connectivity index (χ0n) is 12.8. The standard InChI is InChI=1S/C16H19N3O2S/c1-3-14-15(22-18-17-14)16(20)19-8-6-11-4-5-13(21-2)10-12(11)7-9-19/h4-5,10H,3,6-9H2,1-2H3. The molecule has 0 saturated carbocycles. The van der Waals surface area contributed by atoms with Crippen molar-refractivity contribution in [1.29, 1.82) is 0 Å². The summed E-state index contributed by atoms with van der Waals surface area (Å²) in [6.07, 6.45) is 2.47. The molecular weight excluding hydrogens is 298 g/mol. The molecule has 0 saturated heterocycles. The molecule has 5 nitrogen and oxygen atoms in total. The molecule has 1 aliphatic rings. The number of nitrogens with zero attached hydrogens (tertiary/aromatic N) is 3. The Morgan fingerprint density at radius 1 is 1.32 bits per heavy atom. The average molecular weight is 317 g/mol. The van der Waals surface area contributed by atoms with Gasteiger partial charge in [0, 0.05) is 13.1 Å². The number of fused-ring (bicyclic) bond motifs is 1. The first-order chi connectivity index (χ1) is 10.7. The predicted molar refractivity (Wildman–Crippen MR) is 85.6 cm³/mol. The molecule has 0 unspecified atom stereocenters. The minimum Gasteiger partial charge on any atom is -0.497 e. The topological polar surface area (TPSA) is 55.3 Å². The molecule has 0 fully saturated rings. The molecule has 1 aromatic carbocycles. The third-order valence-corrected chi connectivity index (χ3v) is 4.84. The second kappa shape index (κ2) is 6.44. The molecule has 6 heteroatoms. The number of aromatic nitrogens is 2. The van der Waals surface area contributed by atoms with Crippen molar-refractivity contribution >= 4 is 17.4 Å². The van der Waals surface area contributed by atoms with E-state index in [1.807, 2.05) is 17.9 Å². The van der Waals surface area contributed by atoms with Crippen molar-refractivity contribution in [2.75, 3.05) is 20.2 Å². The molecule has 0 atom stereocenters. The van der Waals surface area contributed by atoms with Crippen molar-refractivity contribution in [3.63, 3.8) is 0 Å². The van der Waals surface area contributed by atoms with Crippen molar-refractivity contribution < 1.29 is 9.53 Å². The van der Waals surface area contributed by atoms with Crippen LogP contribution in [0.4, 0.5) is 0 Å². The van der Waals surface area contributed by atoms with Gasteiger partial charge in [-0.1, -0.05) is 17.5 Å². The molecule has 116 valence electrons. The van der Waals surface area contributed by atoms with Crippen molar-refractivity contribution in [2.45, 2.75) is 26.2 Å². The molecule has 0 bridgehead atoms. The van der Waals surface area contributed by atoms with E-state index in [1.54, 1.807) is 7.11 Å². The quantitative estimate of drug-likeness (QED) is 0.872. The number of ether oxygens (including phenoxy) is 1. The van der Waals surface area contributed by atoms with Gasteiger partial charge in [-0.15, -0.1) is 5.10 Å². The lowest BCUT2D eigenvalue weighted by atomic mass is 10.0. The monoisotopic (exact) mass is 317 g/mol. The third kappa shape index (κ3) is 2.83. The van der Waals surface area contributed by atoms with E-state index >= 15 is 0 Å². The van der Waals surface area contributed by atoms with Gasteiger partial charge in [-0.25, -0.2) is 0 Å². The van der Waals surface area contributed by atoms with E-state index in [4.69, 9.17) is 4.74 Å². The Morgan fingerprint density at radius 2 is 2.09 bits per heavy atom. The van der Waals surface area contributed by atoms with Gasteiger partial charge in [0.1, 0.15) is 10.6 Å². The van der Waals surface area contributed by atoms with Crippen molar-refractivity contribution in [1.82, 2.24) is 14.5 Å². The van der Waals surface area contributed by atoms with Crippen LogP contribution in [0.1, 0.15) is 33.4 Å². The first-order valence-electron chi connectivity index (χ1n) is 7.49. The normalized spacial score (nSPS) is 14.4. The Labute approximate surface area is 134 Å². The smallest absolute Gasteiger partial charge is 0.267 e. The minimum absolute atomic E-state index is 0.0617. The molecule has 0 N–H and O–H groups in total. The lowest BCUT2D eigenvalue weighted by Crippen LogP contribution is -2.33. The number of methoxy groups -OCH3 is 1. The number of carbonyl (C=O) groups is 1. The highest BCUT2D eigenvalue weighted by atomic mass is 32.1. The highest BCUT2D eigenvalue weighted by Crippen LogP contribution is 2.23. The van der Waals surface area contributed by atoms with Crippen LogP contribution >= 0.6 is 11.5 Å². The molecule has 2 heterocycles. The van der Waals surface area contributed by atoms with E-state index in [0.29, 0.717) is 4.88 Å². The maximum absolute atomic E-state index is 12.7. The first-order valence-corrected chi connectivity index (χ1v) is 8.26. The number of rotatable bonds is 3. The maximum Gasteiger partial charge on any atom is 0.267 e. The summed E-state index contributed by atoms with van der Waals surface area (Å²) < 4.78 is 9.21. The van der Waals surface area contributed by atoms with Gasteiger partial charge in [-0.3, -0.25) is 4.79 Å². The molecule has 3 rings (SSSR count). The van der Waals surface area contributed by atoms with E-state index in [9.17, 15) is 4.79 Å². The average Bonchev–Trinajstić information content (AvgIpc) is 2.93. The number of hydrogen-bond donors (Lipinski definition) is 0. The minimum atomic E-state index is 0.0617. The van der Waals surface area contributed by atoms with Gasteiger partial charge in [0.25, 0.3) is 5.91 Å². The fraction of sp³-hybridized carbons (Fsp3) is 0.438. The predicted octanol–water partition coefficient (Wildman–Crippen LogP) is 2.35. The Bertz CT molecular complexity index is 684. The number of hydrogen-bond acceptors (Lipinski definition) is 5. The molecular formula is C16H19N3O2S. The zero-order chi connectivity index (χ0) is 15.5. The molecule has 1 aliphatic heterocycles. The fourth-order valence-corrected chi connectivity index (χ4v) is 3.50. The zero-order valence-corrected chi connectivity index (χ0v) is 13.7. The second-order valence-corrected chi connectivity index (χ2v) is 6.08. The number of benzene rings is 1. The van der Waals surface area contributed by atoms with Gasteiger partial charge in [0.2, 0.25) is 0 Å². The summed E-state index contributed by atoms with van der Waals surface area (Å²) in [6, 6.07) is 6.17. The highest BCUT2D eigenvalue weighted by molar-refractivity contribution is 7.08. The van der Waals surface area contributed by atoms with Crippen LogP contribution in [0.3, 0.4) is 0 Å². The van der Waals surface area contributed by atoms with Gasteiger partial charge in [0.05, 0.1) is 12.8 Å². The molecule has 1 aromatic heterocycles. The third-order valence-electron chi connectivity index (χ3n) is 4.09. The summed E-state index contributed by atoms with van der Waals surface area (Å²) in [7, 11) is 1.68. The van der Waals surface area contributed by atoms with Crippen LogP contribution in [0, 0.1) is 0 Å². The lowest BCUT2D eigenvalue weighted by Gasteiger charge is -2.19. The van der Waals surface area contributed by atoms with Crippen LogP contribution in [-0.4, -0.2) is 40.6 Å². The van der Waals surface area contributed by atoms with Crippen LogP contribution < -0.4 is 4.74 Å². The maximum atomic E-state index is 12.7. The van der Waals surface area contributed by atoms with E-state index in [2.05, 4.69) is 21.7 Å². The van der Waals surface area contributed by atoms with Gasteiger partial charge in [0.15, 0.2) is 0 Å². The highest BCUT2D eigenvalue weighted by Gasteiger charge is 2.24. The summed E-state index contributed by atoms with van der Waals surface area (Å²) in [5, 5.41) is 4.04. The summed E-state index contributed by atoms with van der Waals surface area (Å²) in [6.45, 7) is 3.46. The largest absolute Gasteiger partial charge is 0.497 e. The first kappa shape index (κ1) is 15.0. The van der Waals surface area contributed by atoms with Crippen LogP contribution in [0.5, 0.6) is 5.75 Å². The van der Waals surface area contributed by atoms with E-state index < -0.39 is 0 Å². The second-order valence-electron chi connectivity index (χ2n) is 5.33. The van der Waals surface area contributed by atoms with Crippen LogP contribution in [0.2, 0.25) is 0 Å². The molecule has 1 amide bonds. The van der Waals surface area contributed by atoms with Crippen LogP contribution in [0.25, 0.3) is 0 Å². The SMILES string of the molecule is CCc1nnsc1C(=O)N1CCc2ccc(OC)cc2CC1. The van der Waals surface area contributed by atoms with Crippen LogP contribution in [-0.2, 0) is 19.3 Å². The molecule has 0 aliphatic carbocycles. The van der Waals surface area contributed by atoms with Gasteiger partial charge >= 0.3 is 0 Å². The summed E-state index contributed by atoms with van der Waals surface area (Å²) in [4.78, 5) is 15.3. The van der Waals surface area contributed by atoms with Gasteiger partial charge < -0.3 is 9.64 Å². The Balaban J connectivity index is 1.78. The Hall–Kier alpha value is -1.95. The van der Waals surface area contributed by atoms with E-state index in [-0.39, 0.29) is 5.91 Å². The summed E-state index contributed by atoms with van der Waals surface area (Å²) >= 11 is 1.20. The fourth-order valence-electron chi connectivity index (χ4n) is 2.78. The van der Waals surface area contributed by atoms with E-state index in [1.165, 1.54) is 22.7 Å². The lowest BCUT2D eigenvalue weighted by molar-refractivity contribution is 0.0766.